The van der Waals surface area contributed by atoms with Gasteiger partial charge in [-0.2, -0.15) is 0 Å². The largest absolute Gasteiger partial charge is 0.352 e. The van der Waals surface area contributed by atoms with Crippen LogP contribution in [-0.2, 0) is 11.3 Å². The number of hydrogen-bond acceptors (Lipinski definition) is 1. The summed E-state index contributed by atoms with van der Waals surface area (Å²) < 4.78 is 13.0. The molecule has 0 aliphatic heterocycles. The van der Waals surface area contributed by atoms with Crippen LogP contribution in [0.4, 0.5) is 4.39 Å². The second-order valence-corrected chi connectivity index (χ2v) is 2.72. The monoisotopic (exact) mass is 181 g/mol. The van der Waals surface area contributed by atoms with Gasteiger partial charge in [0.2, 0.25) is 5.91 Å². The predicted octanol–water partition coefficient (Wildman–Crippen LogP) is 1.85. The van der Waals surface area contributed by atoms with E-state index in [2.05, 4.69) is 5.32 Å². The Balaban J connectivity index is 2.54. The molecule has 1 N–H and O–H groups in total. The summed E-state index contributed by atoms with van der Waals surface area (Å²) in [6.07, 6.45) is 0.425. The Labute approximate surface area is 76.8 Å². The highest BCUT2D eigenvalue weighted by Gasteiger charge is 2.01. The summed E-state index contributed by atoms with van der Waals surface area (Å²) in [7, 11) is 0. The molecule has 0 radical (unpaired) electrons. The molecule has 2 nitrogen and oxygen atoms in total. The lowest BCUT2D eigenvalue weighted by atomic mass is 10.2. The van der Waals surface area contributed by atoms with Gasteiger partial charge in [0.15, 0.2) is 0 Å². The molecule has 0 bridgehead atoms. The molecule has 0 aromatic heterocycles. The second kappa shape index (κ2) is 4.60. The molecule has 3 heteroatoms. The second-order valence-electron chi connectivity index (χ2n) is 2.72. The van der Waals surface area contributed by atoms with Crippen LogP contribution in [0.15, 0.2) is 24.3 Å². The van der Waals surface area contributed by atoms with Crippen LogP contribution in [0.2, 0.25) is 0 Å². The van der Waals surface area contributed by atoms with E-state index >= 15 is 0 Å². The predicted molar refractivity (Wildman–Crippen MR) is 48.5 cm³/mol. The summed E-state index contributed by atoms with van der Waals surface area (Å²) in [6, 6.07) is 6.41. The summed E-state index contributed by atoms with van der Waals surface area (Å²) in [4.78, 5) is 10.9. The highest BCUT2D eigenvalue weighted by molar-refractivity contribution is 5.75. The van der Waals surface area contributed by atoms with Gasteiger partial charge in [0, 0.05) is 18.5 Å². The Morgan fingerprint density at radius 2 is 2.15 bits per heavy atom. The highest BCUT2D eigenvalue weighted by Crippen LogP contribution is 2.05. The first-order chi connectivity index (χ1) is 6.24. The van der Waals surface area contributed by atoms with E-state index in [1.807, 2.05) is 0 Å². The zero-order valence-corrected chi connectivity index (χ0v) is 7.51. The van der Waals surface area contributed by atoms with Gasteiger partial charge in [-0.3, -0.25) is 4.79 Å². The van der Waals surface area contributed by atoms with E-state index in [0.29, 0.717) is 12.0 Å². The van der Waals surface area contributed by atoms with Crippen molar-refractivity contribution in [1.29, 1.82) is 0 Å². The SMILES string of the molecule is CCC(=O)NCc1ccccc1F. The lowest BCUT2D eigenvalue weighted by Crippen LogP contribution is -2.21. The molecule has 13 heavy (non-hydrogen) atoms. The molecule has 0 spiro atoms. The standard InChI is InChI=1S/C10H12FNO/c1-2-10(13)12-7-8-5-3-4-6-9(8)11/h3-6H,2,7H2,1H3,(H,12,13). The van der Waals surface area contributed by atoms with Crippen molar-refractivity contribution in [3.63, 3.8) is 0 Å². The molecule has 0 unspecified atom stereocenters. The Morgan fingerprint density at radius 1 is 1.46 bits per heavy atom. The third-order valence-electron chi connectivity index (χ3n) is 1.75. The van der Waals surface area contributed by atoms with Crippen molar-refractivity contribution in [2.24, 2.45) is 0 Å². The Morgan fingerprint density at radius 3 is 2.77 bits per heavy atom. The average Bonchev–Trinajstić information content (AvgIpc) is 2.16. The third-order valence-corrected chi connectivity index (χ3v) is 1.75. The maximum Gasteiger partial charge on any atom is 0.219 e. The van der Waals surface area contributed by atoms with Gasteiger partial charge in [-0.25, -0.2) is 4.39 Å². The number of nitrogens with one attached hydrogen (secondary N) is 1. The van der Waals surface area contributed by atoms with Crippen LogP contribution in [0.1, 0.15) is 18.9 Å². The average molecular weight is 181 g/mol. The Kier molecular flexibility index (Phi) is 3.43. The van der Waals surface area contributed by atoms with Crippen LogP contribution in [0.25, 0.3) is 0 Å². The Hall–Kier alpha value is -1.38. The molecule has 1 amide bonds. The summed E-state index contributed by atoms with van der Waals surface area (Å²) in [5.41, 5.74) is 0.518. The van der Waals surface area contributed by atoms with Gasteiger partial charge in [-0.1, -0.05) is 25.1 Å². The van der Waals surface area contributed by atoms with Crippen LogP contribution in [-0.4, -0.2) is 5.91 Å². The molecule has 0 fully saturated rings. The van der Waals surface area contributed by atoms with Crippen molar-refractivity contribution in [3.05, 3.63) is 35.6 Å². The van der Waals surface area contributed by atoms with Gasteiger partial charge in [-0.05, 0) is 6.07 Å². The summed E-state index contributed by atoms with van der Waals surface area (Å²) in [5, 5.41) is 2.61. The van der Waals surface area contributed by atoms with Crippen molar-refractivity contribution >= 4 is 5.91 Å². The van der Waals surface area contributed by atoms with Crippen LogP contribution in [0, 0.1) is 5.82 Å². The first kappa shape index (κ1) is 9.71. The molecule has 0 heterocycles. The lowest BCUT2D eigenvalue weighted by molar-refractivity contribution is -0.120. The van der Waals surface area contributed by atoms with E-state index in [0.717, 1.165) is 0 Å². The minimum absolute atomic E-state index is 0.0664. The number of rotatable bonds is 3. The summed E-state index contributed by atoms with van der Waals surface area (Å²) >= 11 is 0. The van der Waals surface area contributed by atoms with Gasteiger partial charge >= 0.3 is 0 Å². The molecular formula is C10H12FNO. The normalized spacial score (nSPS) is 9.69. The van der Waals surface area contributed by atoms with Gasteiger partial charge in [-0.15, -0.1) is 0 Å². The highest BCUT2D eigenvalue weighted by atomic mass is 19.1. The van der Waals surface area contributed by atoms with Crippen molar-refractivity contribution in [3.8, 4) is 0 Å². The molecule has 1 aromatic carbocycles. The fourth-order valence-electron chi connectivity index (χ4n) is 0.961. The minimum Gasteiger partial charge on any atom is -0.352 e. The zero-order chi connectivity index (χ0) is 9.68. The maximum atomic E-state index is 13.0. The zero-order valence-electron chi connectivity index (χ0n) is 7.51. The van der Waals surface area contributed by atoms with E-state index in [1.54, 1.807) is 25.1 Å². The third kappa shape index (κ3) is 2.86. The van der Waals surface area contributed by atoms with Gasteiger partial charge in [0.05, 0.1) is 0 Å². The maximum absolute atomic E-state index is 13.0. The molecule has 1 rings (SSSR count). The molecule has 70 valence electrons. The summed E-state index contributed by atoms with van der Waals surface area (Å²) in [6.45, 7) is 2.02. The van der Waals surface area contributed by atoms with Crippen LogP contribution >= 0.6 is 0 Å². The van der Waals surface area contributed by atoms with Crippen LogP contribution < -0.4 is 5.32 Å². The quantitative estimate of drug-likeness (QED) is 0.757. The van der Waals surface area contributed by atoms with E-state index in [9.17, 15) is 9.18 Å². The minimum atomic E-state index is -0.279. The van der Waals surface area contributed by atoms with Crippen LogP contribution in [0.5, 0.6) is 0 Å². The van der Waals surface area contributed by atoms with Crippen molar-refractivity contribution in [2.75, 3.05) is 0 Å². The molecule has 0 atom stereocenters. The lowest BCUT2D eigenvalue weighted by Gasteiger charge is -2.03. The molecular weight excluding hydrogens is 169 g/mol. The van der Waals surface area contributed by atoms with Crippen LogP contribution in [0.3, 0.4) is 0 Å². The number of hydrogen-bond donors (Lipinski definition) is 1. The van der Waals surface area contributed by atoms with Gasteiger partial charge in [0.25, 0.3) is 0 Å². The molecule has 0 saturated carbocycles. The smallest absolute Gasteiger partial charge is 0.219 e. The van der Waals surface area contributed by atoms with Crippen molar-refractivity contribution in [1.82, 2.24) is 5.32 Å². The number of benzene rings is 1. The molecule has 0 saturated heterocycles. The molecule has 0 aliphatic rings. The Bertz CT molecular complexity index is 299. The number of halogens is 1. The van der Waals surface area contributed by atoms with E-state index in [4.69, 9.17) is 0 Å². The number of carbonyl (C=O) groups excluding carboxylic acids is 1. The van der Waals surface area contributed by atoms with Crippen molar-refractivity contribution in [2.45, 2.75) is 19.9 Å². The first-order valence-electron chi connectivity index (χ1n) is 4.24. The van der Waals surface area contributed by atoms with E-state index < -0.39 is 0 Å². The number of amides is 1. The van der Waals surface area contributed by atoms with E-state index in [1.165, 1.54) is 6.07 Å². The van der Waals surface area contributed by atoms with Crippen molar-refractivity contribution < 1.29 is 9.18 Å². The fraction of sp³-hybridized carbons (Fsp3) is 0.300. The first-order valence-corrected chi connectivity index (χ1v) is 4.24. The topological polar surface area (TPSA) is 29.1 Å². The fourth-order valence-corrected chi connectivity index (χ4v) is 0.961. The molecule has 0 aliphatic carbocycles. The van der Waals surface area contributed by atoms with Gasteiger partial charge in [0.1, 0.15) is 5.82 Å². The van der Waals surface area contributed by atoms with E-state index in [-0.39, 0.29) is 18.3 Å². The molecule has 1 aromatic rings. The summed E-state index contributed by atoms with van der Waals surface area (Å²) in [5.74, 6) is -0.345. The number of carbonyl (C=O) groups is 1. The van der Waals surface area contributed by atoms with Gasteiger partial charge < -0.3 is 5.32 Å².